The second-order valence-corrected chi connectivity index (χ2v) is 5.88. The molecule has 2 aromatic rings. The van der Waals surface area contributed by atoms with Crippen LogP contribution in [0.1, 0.15) is 5.69 Å². The van der Waals surface area contributed by atoms with Gasteiger partial charge in [0.05, 0.1) is 10.7 Å². The third-order valence-electron chi connectivity index (χ3n) is 2.42. The summed E-state index contributed by atoms with van der Waals surface area (Å²) >= 11 is 5.80. The van der Waals surface area contributed by atoms with Crippen LogP contribution in [0.2, 0.25) is 5.02 Å². The number of hydrogen-bond acceptors (Lipinski definition) is 3. The molecule has 0 aliphatic rings. The maximum atomic E-state index is 13.1. The highest BCUT2D eigenvalue weighted by atomic mass is 35.5. The van der Waals surface area contributed by atoms with Crippen molar-refractivity contribution in [3.63, 3.8) is 0 Å². The number of nitrogens with two attached hydrogens (primary N) is 1. The zero-order chi connectivity index (χ0) is 14.0. The summed E-state index contributed by atoms with van der Waals surface area (Å²) in [6.07, 6.45) is 1.30. The Bertz CT molecular complexity index is 700. The van der Waals surface area contributed by atoms with Crippen molar-refractivity contribution in [2.24, 2.45) is 5.73 Å². The topological polar surface area (TPSA) is 88.0 Å². The maximum Gasteiger partial charge on any atom is 0.263 e. The van der Waals surface area contributed by atoms with Crippen molar-refractivity contribution >= 4 is 27.3 Å². The van der Waals surface area contributed by atoms with Crippen molar-refractivity contribution in [1.82, 2.24) is 4.98 Å². The van der Waals surface area contributed by atoms with E-state index in [0.29, 0.717) is 5.69 Å². The molecule has 2 rings (SSSR count). The molecular weight excluding hydrogens is 293 g/mol. The summed E-state index contributed by atoms with van der Waals surface area (Å²) in [5.74, 6) is -0.584. The van der Waals surface area contributed by atoms with E-state index in [1.54, 1.807) is 0 Å². The Balaban J connectivity index is 2.33. The van der Waals surface area contributed by atoms with E-state index < -0.39 is 15.8 Å². The Hall–Kier alpha value is -1.57. The molecule has 19 heavy (non-hydrogen) atoms. The molecule has 8 heteroatoms. The third-order valence-corrected chi connectivity index (χ3v) is 4.09. The third kappa shape index (κ3) is 3.06. The number of aromatic nitrogens is 1. The Morgan fingerprint density at radius 1 is 1.37 bits per heavy atom. The standard InChI is InChI=1S/C11H11ClFN3O2S/c12-10-2-1-7(13)3-11(10)16-19(17,18)9-4-8(5-14)15-6-9/h1-4,6,15-16H,5,14H2. The summed E-state index contributed by atoms with van der Waals surface area (Å²) in [5, 5.41) is 0.111. The summed E-state index contributed by atoms with van der Waals surface area (Å²) in [4.78, 5) is 2.73. The average molecular weight is 304 g/mol. The van der Waals surface area contributed by atoms with Crippen molar-refractivity contribution in [1.29, 1.82) is 0 Å². The van der Waals surface area contributed by atoms with Crippen molar-refractivity contribution < 1.29 is 12.8 Å². The molecule has 0 bridgehead atoms. The first-order valence-corrected chi connectivity index (χ1v) is 7.14. The summed E-state index contributed by atoms with van der Waals surface area (Å²) in [6, 6.07) is 4.83. The van der Waals surface area contributed by atoms with Crippen LogP contribution in [0.25, 0.3) is 0 Å². The molecule has 1 aromatic carbocycles. The van der Waals surface area contributed by atoms with Gasteiger partial charge in [0.25, 0.3) is 10.0 Å². The molecule has 0 unspecified atom stereocenters. The van der Waals surface area contributed by atoms with Crippen LogP contribution in [0, 0.1) is 5.82 Å². The van der Waals surface area contributed by atoms with Gasteiger partial charge in [-0.05, 0) is 24.3 Å². The Labute approximate surface area is 114 Å². The number of halogens is 2. The normalized spacial score (nSPS) is 11.5. The van der Waals surface area contributed by atoms with E-state index in [1.165, 1.54) is 18.3 Å². The lowest BCUT2D eigenvalue weighted by molar-refractivity contribution is 0.601. The fraction of sp³-hybridized carbons (Fsp3) is 0.0909. The van der Waals surface area contributed by atoms with E-state index in [4.69, 9.17) is 17.3 Å². The summed E-state index contributed by atoms with van der Waals surface area (Å²) in [7, 11) is -3.83. The first kappa shape index (κ1) is 13.9. The first-order chi connectivity index (χ1) is 8.92. The van der Waals surface area contributed by atoms with Crippen LogP contribution < -0.4 is 10.5 Å². The summed E-state index contributed by atoms with van der Waals surface area (Å²) in [5.41, 5.74) is 5.94. The number of anilines is 1. The van der Waals surface area contributed by atoms with Crippen LogP contribution in [0.15, 0.2) is 35.4 Å². The van der Waals surface area contributed by atoms with Gasteiger partial charge >= 0.3 is 0 Å². The van der Waals surface area contributed by atoms with Gasteiger partial charge in [0, 0.05) is 18.4 Å². The van der Waals surface area contributed by atoms with E-state index in [2.05, 4.69) is 9.71 Å². The van der Waals surface area contributed by atoms with E-state index in [1.807, 2.05) is 0 Å². The predicted octanol–water partition coefficient (Wildman–Crippen LogP) is 2.07. The van der Waals surface area contributed by atoms with Crippen LogP contribution in [0.4, 0.5) is 10.1 Å². The van der Waals surface area contributed by atoms with Crippen LogP contribution in [-0.2, 0) is 16.6 Å². The van der Waals surface area contributed by atoms with Gasteiger partial charge in [-0.3, -0.25) is 4.72 Å². The van der Waals surface area contributed by atoms with Crippen LogP contribution >= 0.6 is 11.6 Å². The minimum absolute atomic E-state index is 0.00766. The number of nitrogens with one attached hydrogen (secondary N) is 2. The predicted molar refractivity (Wildman–Crippen MR) is 70.9 cm³/mol. The number of hydrogen-bond donors (Lipinski definition) is 3. The first-order valence-electron chi connectivity index (χ1n) is 5.27. The van der Waals surface area contributed by atoms with Gasteiger partial charge in [-0.25, -0.2) is 12.8 Å². The molecule has 0 fully saturated rings. The van der Waals surface area contributed by atoms with E-state index in [9.17, 15) is 12.8 Å². The van der Waals surface area contributed by atoms with E-state index in [0.717, 1.165) is 12.1 Å². The Morgan fingerprint density at radius 2 is 2.11 bits per heavy atom. The molecule has 0 amide bonds. The lowest BCUT2D eigenvalue weighted by Gasteiger charge is -2.08. The Morgan fingerprint density at radius 3 is 2.74 bits per heavy atom. The Kier molecular flexibility index (Phi) is 3.79. The SMILES string of the molecule is NCc1cc(S(=O)(=O)Nc2cc(F)ccc2Cl)c[nH]1. The van der Waals surface area contributed by atoms with Crippen molar-refractivity contribution in [2.75, 3.05) is 4.72 Å². The van der Waals surface area contributed by atoms with Gasteiger partial charge in [-0.1, -0.05) is 11.6 Å². The van der Waals surface area contributed by atoms with Crippen molar-refractivity contribution in [3.8, 4) is 0 Å². The number of aromatic amines is 1. The van der Waals surface area contributed by atoms with E-state index >= 15 is 0 Å². The molecule has 0 atom stereocenters. The second kappa shape index (κ2) is 5.20. The van der Waals surface area contributed by atoms with Crippen LogP contribution in [-0.4, -0.2) is 13.4 Å². The molecule has 0 saturated heterocycles. The van der Waals surface area contributed by atoms with Crippen LogP contribution in [0.3, 0.4) is 0 Å². The van der Waals surface area contributed by atoms with Crippen molar-refractivity contribution in [2.45, 2.75) is 11.4 Å². The smallest absolute Gasteiger partial charge is 0.263 e. The molecule has 0 spiro atoms. The maximum absolute atomic E-state index is 13.1. The van der Waals surface area contributed by atoms with Gasteiger partial charge in [0.1, 0.15) is 10.7 Å². The molecule has 1 aromatic heterocycles. The molecule has 0 aliphatic heterocycles. The zero-order valence-corrected chi connectivity index (χ0v) is 11.2. The summed E-state index contributed by atoms with van der Waals surface area (Å²) in [6.45, 7) is 0.191. The second-order valence-electron chi connectivity index (χ2n) is 3.79. The van der Waals surface area contributed by atoms with E-state index in [-0.39, 0.29) is 22.2 Å². The number of sulfonamides is 1. The van der Waals surface area contributed by atoms with Gasteiger partial charge in [-0.2, -0.15) is 0 Å². The summed E-state index contributed by atoms with van der Waals surface area (Å²) < 4.78 is 39.4. The van der Waals surface area contributed by atoms with Gasteiger partial charge < -0.3 is 10.7 Å². The highest BCUT2D eigenvalue weighted by Crippen LogP contribution is 2.25. The molecule has 5 nitrogen and oxygen atoms in total. The van der Waals surface area contributed by atoms with Gasteiger partial charge in [-0.15, -0.1) is 0 Å². The van der Waals surface area contributed by atoms with Gasteiger partial charge in [0.15, 0.2) is 0 Å². The van der Waals surface area contributed by atoms with Crippen molar-refractivity contribution in [3.05, 3.63) is 47.0 Å². The molecule has 0 saturated carbocycles. The molecule has 0 radical (unpaired) electrons. The van der Waals surface area contributed by atoms with Gasteiger partial charge in [0.2, 0.25) is 0 Å². The quantitative estimate of drug-likeness (QED) is 0.808. The molecule has 1 heterocycles. The minimum atomic E-state index is -3.83. The minimum Gasteiger partial charge on any atom is -0.363 e. The number of rotatable bonds is 4. The molecule has 102 valence electrons. The molecular formula is C11H11ClFN3O2S. The van der Waals surface area contributed by atoms with Crippen LogP contribution in [0.5, 0.6) is 0 Å². The lowest BCUT2D eigenvalue weighted by Crippen LogP contribution is -2.12. The lowest BCUT2D eigenvalue weighted by atomic mass is 10.3. The largest absolute Gasteiger partial charge is 0.363 e. The monoisotopic (exact) mass is 303 g/mol. The molecule has 4 N–H and O–H groups in total. The number of H-pyrrole nitrogens is 1. The number of benzene rings is 1. The average Bonchev–Trinajstić information content (AvgIpc) is 2.83. The highest BCUT2D eigenvalue weighted by molar-refractivity contribution is 7.92. The zero-order valence-electron chi connectivity index (χ0n) is 9.65. The molecule has 0 aliphatic carbocycles. The fourth-order valence-corrected chi connectivity index (χ4v) is 2.78. The fourth-order valence-electron chi connectivity index (χ4n) is 1.47. The highest BCUT2D eigenvalue weighted by Gasteiger charge is 2.17.